The van der Waals surface area contributed by atoms with Crippen molar-refractivity contribution in [2.75, 3.05) is 13.2 Å². The van der Waals surface area contributed by atoms with E-state index < -0.39 is 0 Å². The van der Waals surface area contributed by atoms with Gasteiger partial charge in [-0.15, -0.1) is 0 Å². The molecule has 1 heterocycles. The van der Waals surface area contributed by atoms with Gasteiger partial charge in [-0.1, -0.05) is 57.5 Å². The van der Waals surface area contributed by atoms with Crippen LogP contribution in [0.4, 0.5) is 0 Å². The van der Waals surface area contributed by atoms with E-state index in [9.17, 15) is 0 Å². The Bertz CT molecular complexity index is 446. The molecule has 2 fully saturated rings. The van der Waals surface area contributed by atoms with Crippen molar-refractivity contribution in [1.82, 2.24) is 0 Å². The van der Waals surface area contributed by atoms with Crippen LogP contribution in [0.1, 0.15) is 51.9 Å². The Morgan fingerprint density at radius 1 is 1.05 bits per heavy atom. The highest BCUT2D eigenvalue weighted by atomic mass is 16.7. The Morgan fingerprint density at radius 3 is 2.33 bits per heavy atom. The first-order valence-corrected chi connectivity index (χ1v) is 8.39. The van der Waals surface area contributed by atoms with Crippen molar-refractivity contribution in [1.29, 1.82) is 0 Å². The molecule has 1 aromatic carbocycles. The molecule has 1 saturated carbocycles. The molecular weight excluding hydrogens is 260 g/mol. The lowest BCUT2D eigenvalue weighted by Gasteiger charge is -2.51. The van der Waals surface area contributed by atoms with Gasteiger partial charge in [0.1, 0.15) is 0 Å². The lowest BCUT2D eigenvalue weighted by Crippen LogP contribution is -2.49. The Kier molecular flexibility index (Phi) is 4.37. The second-order valence-corrected chi connectivity index (χ2v) is 7.46. The highest BCUT2D eigenvalue weighted by Crippen LogP contribution is 2.50. The maximum atomic E-state index is 6.16. The Hall–Kier alpha value is -0.860. The predicted octanol–water partition coefficient (Wildman–Crippen LogP) is 4.81. The number of ether oxygens (including phenoxy) is 2. The molecule has 0 N–H and O–H groups in total. The molecule has 21 heavy (non-hydrogen) atoms. The van der Waals surface area contributed by atoms with Gasteiger partial charge in [-0.3, -0.25) is 0 Å². The van der Waals surface area contributed by atoms with E-state index in [1.54, 1.807) is 0 Å². The zero-order chi connectivity index (χ0) is 14.9. The van der Waals surface area contributed by atoms with Crippen LogP contribution in [-0.2, 0) is 9.47 Å². The molecular formula is C19H28O2. The fourth-order valence-corrected chi connectivity index (χ4v) is 4.47. The normalized spacial score (nSPS) is 37.0. The summed E-state index contributed by atoms with van der Waals surface area (Å²) in [6, 6.07) is 10.3. The number of hydrogen-bond acceptors (Lipinski definition) is 2. The topological polar surface area (TPSA) is 18.5 Å². The van der Waals surface area contributed by atoms with Gasteiger partial charge in [-0.25, -0.2) is 0 Å². The van der Waals surface area contributed by atoms with Crippen molar-refractivity contribution in [3.63, 3.8) is 0 Å². The lowest BCUT2D eigenvalue weighted by molar-refractivity contribution is -0.258. The number of hydrogen-bond donors (Lipinski definition) is 0. The van der Waals surface area contributed by atoms with Gasteiger partial charge in [0, 0.05) is 11.0 Å². The van der Waals surface area contributed by atoms with E-state index in [0.29, 0.717) is 5.92 Å². The maximum absolute atomic E-state index is 6.16. The SMILES string of the molecule is CC(C)[C@@H]1CC[C@@H](C)CC12COC(c1ccccc1)OC2. The molecule has 1 saturated heterocycles. The Morgan fingerprint density at radius 2 is 1.71 bits per heavy atom. The van der Waals surface area contributed by atoms with Gasteiger partial charge in [-0.2, -0.15) is 0 Å². The van der Waals surface area contributed by atoms with E-state index >= 15 is 0 Å². The molecule has 0 amide bonds. The van der Waals surface area contributed by atoms with Crippen LogP contribution in [-0.4, -0.2) is 13.2 Å². The summed E-state index contributed by atoms with van der Waals surface area (Å²) in [4.78, 5) is 0. The van der Waals surface area contributed by atoms with Crippen LogP contribution in [0.15, 0.2) is 30.3 Å². The summed E-state index contributed by atoms with van der Waals surface area (Å²) in [5.41, 5.74) is 1.37. The van der Waals surface area contributed by atoms with Crippen molar-refractivity contribution < 1.29 is 9.47 Å². The molecule has 0 radical (unpaired) electrons. The predicted molar refractivity (Wildman–Crippen MR) is 84.9 cm³/mol. The quantitative estimate of drug-likeness (QED) is 0.777. The van der Waals surface area contributed by atoms with Gasteiger partial charge in [0.05, 0.1) is 13.2 Å². The smallest absolute Gasteiger partial charge is 0.183 e. The highest BCUT2D eigenvalue weighted by molar-refractivity contribution is 5.16. The van der Waals surface area contributed by atoms with Crippen molar-refractivity contribution in [2.45, 2.75) is 46.3 Å². The first-order valence-electron chi connectivity index (χ1n) is 8.39. The molecule has 2 nitrogen and oxygen atoms in total. The van der Waals surface area contributed by atoms with Crippen LogP contribution in [0.2, 0.25) is 0 Å². The summed E-state index contributed by atoms with van der Waals surface area (Å²) < 4.78 is 12.3. The van der Waals surface area contributed by atoms with Crippen molar-refractivity contribution >= 4 is 0 Å². The zero-order valence-electron chi connectivity index (χ0n) is 13.5. The van der Waals surface area contributed by atoms with Gasteiger partial charge in [0.2, 0.25) is 0 Å². The minimum atomic E-state index is -0.179. The van der Waals surface area contributed by atoms with E-state index in [2.05, 4.69) is 32.9 Å². The summed E-state index contributed by atoms with van der Waals surface area (Å²) in [5.74, 6) is 2.23. The van der Waals surface area contributed by atoms with Gasteiger partial charge in [0.25, 0.3) is 0 Å². The summed E-state index contributed by atoms with van der Waals surface area (Å²) in [5, 5.41) is 0. The Labute approximate surface area is 128 Å². The van der Waals surface area contributed by atoms with E-state index in [1.807, 2.05) is 18.2 Å². The fraction of sp³-hybridized carbons (Fsp3) is 0.684. The third kappa shape index (κ3) is 3.02. The molecule has 3 rings (SSSR count). The van der Waals surface area contributed by atoms with Crippen molar-refractivity contribution in [2.24, 2.45) is 23.2 Å². The van der Waals surface area contributed by atoms with Gasteiger partial charge < -0.3 is 9.47 Å². The third-order valence-corrected chi connectivity index (χ3v) is 5.43. The van der Waals surface area contributed by atoms with Gasteiger partial charge in [-0.05, 0) is 30.6 Å². The van der Waals surface area contributed by atoms with Crippen molar-refractivity contribution in [3.05, 3.63) is 35.9 Å². The molecule has 1 spiro atoms. The van der Waals surface area contributed by atoms with E-state index in [0.717, 1.165) is 30.6 Å². The minimum absolute atomic E-state index is 0.179. The maximum Gasteiger partial charge on any atom is 0.183 e. The molecule has 2 heteroatoms. The van der Waals surface area contributed by atoms with Crippen LogP contribution in [0, 0.1) is 23.2 Å². The summed E-state index contributed by atoms with van der Waals surface area (Å²) in [7, 11) is 0. The molecule has 0 bridgehead atoms. The number of benzene rings is 1. The summed E-state index contributed by atoms with van der Waals surface area (Å²) in [6.45, 7) is 8.78. The molecule has 1 aliphatic heterocycles. The van der Waals surface area contributed by atoms with Crippen LogP contribution in [0.25, 0.3) is 0 Å². The van der Waals surface area contributed by atoms with Crippen LogP contribution < -0.4 is 0 Å². The molecule has 116 valence electrons. The zero-order valence-corrected chi connectivity index (χ0v) is 13.5. The molecule has 0 unspecified atom stereocenters. The second-order valence-electron chi connectivity index (χ2n) is 7.46. The molecule has 0 aromatic heterocycles. The third-order valence-electron chi connectivity index (χ3n) is 5.43. The summed E-state index contributed by atoms with van der Waals surface area (Å²) in [6.07, 6.45) is 3.74. The monoisotopic (exact) mass is 288 g/mol. The summed E-state index contributed by atoms with van der Waals surface area (Å²) >= 11 is 0. The van der Waals surface area contributed by atoms with Crippen LogP contribution in [0.5, 0.6) is 0 Å². The van der Waals surface area contributed by atoms with E-state index in [1.165, 1.54) is 19.3 Å². The highest BCUT2D eigenvalue weighted by Gasteiger charge is 2.47. The van der Waals surface area contributed by atoms with Crippen LogP contribution in [0.3, 0.4) is 0 Å². The minimum Gasteiger partial charge on any atom is -0.348 e. The van der Waals surface area contributed by atoms with Crippen molar-refractivity contribution in [3.8, 4) is 0 Å². The average Bonchev–Trinajstić information content (AvgIpc) is 2.48. The number of rotatable bonds is 2. The van der Waals surface area contributed by atoms with Gasteiger partial charge >= 0.3 is 0 Å². The van der Waals surface area contributed by atoms with Crippen LogP contribution >= 0.6 is 0 Å². The standard InChI is InChI=1S/C19H28O2/c1-14(2)17-10-9-15(3)11-19(17)12-20-18(21-13-19)16-7-5-4-6-8-16/h4-8,14-15,17-18H,9-13H2,1-3H3/t15-,17+,18?,19?/m1/s1. The average molecular weight is 288 g/mol. The van der Waals surface area contributed by atoms with E-state index in [4.69, 9.17) is 9.47 Å². The molecule has 1 aromatic rings. The fourth-order valence-electron chi connectivity index (χ4n) is 4.47. The van der Waals surface area contributed by atoms with E-state index in [-0.39, 0.29) is 11.7 Å². The first-order chi connectivity index (χ1) is 10.1. The second kappa shape index (κ2) is 6.10. The van der Waals surface area contributed by atoms with Gasteiger partial charge in [0.15, 0.2) is 6.29 Å². The first kappa shape index (κ1) is 15.1. The Balaban J connectivity index is 1.73. The molecule has 2 atom stereocenters. The molecule has 2 aliphatic rings. The largest absolute Gasteiger partial charge is 0.348 e. The lowest BCUT2D eigenvalue weighted by atomic mass is 9.60. The molecule has 1 aliphatic carbocycles.